The summed E-state index contributed by atoms with van der Waals surface area (Å²) in [6, 6.07) is 67.5. The van der Waals surface area contributed by atoms with E-state index in [4.69, 9.17) is 0 Å². The minimum atomic E-state index is 1.10. The monoisotopic (exact) mass is 688 g/mol. The van der Waals surface area contributed by atoms with Gasteiger partial charge in [0.25, 0.3) is 0 Å². The third-order valence-electron chi connectivity index (χ3n) is 11.4. The third kappa shape index (κ3) is 4.67. The number of hydrogen-bond acceptors (Lipinski definition) is 2. The Morgan fingerprint density at radius 1 is 0.278 bits per heavy atom. The molecule has 0 bridgehead atoms. The molecule has 2 nitrogen and oxygen atoms in total. The number of rotatable bonds is 6. The summed E-state index contributed by atoms with van der Waals surface area (Å²) in [4.78, 5) is 4.89. The lowest BCUT2D eigenvalue weighted by molar-refractivity contribution is 1.25. The van der Waals surface area contributed by atoms with Gasteiger partial charge in [0.05, 0.1) is 11.4 Å². The molecule has 0 radical (unpaired) electrons. The molecular weight excluding hydrogens is 653 g/mol. The van der Waals surface area contributed by atoms with Gasteiger partial charge in [-0.2, -0.15) is 0 Å². The molecule has 0 saturated heterocycles. The molecule has 0 aliphatic carbocycles. The van der Waals surface area contributed by atoms with Gasteiger partial charge in [-0.1, -0.05) is 127 Å². The number of aryl methyl sites for hydroxylation is 2. The molecule has 0 spiro atoms. The van der Waals surface area contributed by atoms with E-state index in [9.17, 15) is 0 Å². The summed E-state index contributed by atoms with van der Waals surface area (Å²) >= 11 is 0. The second-order valence-electron chi connectivity index (χ2n) is 14.8. The fourth-order valence-corrected chi connectivity index (χ4v) is 8.99. The van der Waals surface area contributed by atoms with Crippen molar-refractivity contribution in [1.29, 1.82) is 0 Å². The van der Waals surface area contributed by atoms with E-state index in [-0.39, 0.29) is 0 Å². The van der Waals surface area contributed by atoms with Crippen molar-refractivity contribution in [3.63, 3.8) is 0 Å². The van der Waals surface area contributed by atoms with Gasteiger partial charge in [-0.3, -0.25) is 0 Å². The van der Waals surface area contributed by atoms with Gasteiger partial charge in [0.1, 0.15) is 0 Å². The van der Waals surface area contributed by atoms with Gasteiger partial charge < -0.3 is 9.80 Å². The number of benzene rings is 11. The van der Waals surface area contributed by atoms with Crippen LogP contribution in [0.2, 0.25) is 0 Å². The fourth-order valence-electron chi connectivity index (χ4n) is 8.99. The van der Waals surface area contributed by atoms with Crippen molar-refractivity contribution < 1.29 is 0 Å². The highest BCUT2D eigenvalue weighted by molar-refractivity contribution is 6.27. The number of anilines is 6. The van der Waals surface area contributed by atoms with E-state index in [0.29, 0.717) is 0 Å². The highest BCUT2D eigenvalue weighted by atomic mass is 15.2. The Hall–Kier alpha value is -6.90. The van der Waals surface area contributed by atoms with Gasteiger partial charge >= 0.3 is 0 Å². The van der Waals surface area contributed by atoms with Crippen LogP contribution in [-0.2, 0) is 0 Å². The van der Waals surface area contributed by atoms with E-state index in [2.05, 4.69) is 206 Å². The molecule has 0 N–H and O–H groups in total. The van der Waals surface area contributed by atoms with Crippen molar-refractivity contribution in [1.82, 2.24) is 0 Å². The van der Waals surface area contributed by atoms with Gasteiger partial charge in [-0.05, 0) is 133 Å². The quantitative estimate of drug-likeness (QED) is 0.160. The molecule has 2 heteroatoms. The molecular formula is C52H36N2. The van der Waals surface area contributed by atoms with Gasteiger partial charge in [0, 0.05) is 33.5 Å². The van der Waals surface area contributed by atoms with E-state index in [1.165, 1.54) is 75.8 Å². The highest BCUT2D eigenvalue weighted by Crippen LogP contribution is 2.47. The fraction of sp³-hybridized carbons (Fsp3) is 0.0385. The molecule has 0 aromatic heterocycles. The van der Waals surface area contributed by atoms with Crippen molar-refractivity contribution in [3.8, 4) is 0 Å². The lowest BCUT2D eigenvalue weighted by atomic mass is 9.93. The predicted octanol–water partition coefficient (Wildman–Crippen LogP) is 15.0. The third-order valence-corrected chi connectivity index (χ3v) is 11.4. The average Bonchev–Trinajstić information content (AvgIpc) is 3.20. The van der Waals surface area contributed by atoms with Crippen molar-refractivity contribution in [2.24, 2.45) is 0 Å². The minimum Gasteiger partial charge on any atom is -0.310 e. The summed E-state index contributed by atoms with van der Waals surface area (Å²) in [5.74, 6) is 0. The highest BCUT2D eigenvalue weighted by Gasteiger charge is 2.22. The molecule has 0 amide bonds. The molecule has 0 atom stereocenters. The Kier molecular flexibility index (Phi) is 6.72. The van der Waals surface area contributed by atoms with Gasteiger partial charge in [0.2, 0.25) is 0 Å². The first-order valence-electron chi connectivity index (χ1n) is 18.8. The molecule has 11 aromatic carbocycles. The van der Waals surface area contributed by atoms with Crippen molar-refractivity contribution in [2.75, 3.05) is 9.80 Å². The molecule has 11 aromatic rings. The first-order chi connectivity index (χ1) is 26.6. The van der Waals surface area contributed by atoms with Crippen LogP contribution in [0.3, 0.4) is 0 Å². The van der Waals surface area contributed by atoms with Crippen molar-refractivity contribution >= 4 is 98.8 Å². The molecule has 0 heterocycles. The Morgan fingerprint density at radius 3 is 1.00 bits per heavy atom. The molecule has 0 aliphatic heterocycles. The molecule has 0 fully saturated rings. The maximum absolute atomic E-state index is 2.45. The molecule has 0 saturated carbocycles. The van der Waals surface area contributed by atoms with Crippen LogP contribution < -0.4 is 9.80 Å². The van der Waals surface area contributed by atoms with Crippen molar-refractivity contribution in [3.05, 3.63) is 193 Å². The maximum atomic E-state index is 2.45. The van der Waals surface area contributed by atoms with Gasteiger partial charge in [0.15, 0.2) is 0 Å². The van der Waals surface area contributed by atoms with E-state index in [1.54, 1.807) is 0 Å². The molecule has 11 rings (SSSR count). The summed E-state index contributed by atoms with van der Waals surface area (Å²) < 4.78 is 0. The predicted molar refractivity (Wildman–Crippen MR) is 233 cm³/mol. The second-order valence-corrected chi connectivity index (χ2v) is 14.8. The number of nitrogens with zero attached hydrogens (tertiary/aromatic N) is 2. The Morgan fingerprint density at radius 2 is 0.593 bits per heavy atom. The summed E-state index contributed by atoms with van der Waals surface area (Å²) in [7, 11) is 0. The Bertz CT molecular complexity index is 2970. The zero-order chi connectivity index (χ0) is 35.9. The average molecular weight is 689 g/mol. The Labute approximate surface area is 314 Å². The topological polar surface area (TPSA) is 6.48 Å². The lowest BCUT2D eigenvalue weighted by Gasteiger charge is -2.31. The SMILES string of the molecule is Cc1cccc(N(c2cccc(N(c3cccc(C)c3)c3ccc4ccc5cccc6ccc3c4c56)c2)c2ccc3ccc4cccc5ccc2c3c45)c1. The molecule has 0 unspecified atom stereocenters. The molecule has 254 valence electrons. The zero-order valence-corrected chi connectivity index (χ0v) is 30.2. The van der Waals surface area contributed by atoms with E-state index in [1.807, 2.05) is 0 Å². The van der Waals surface area contributed by atoms with Crippen LogP contribution in [0.25, 0.3) is 64.6 Å². The minimum absolute atomic E-state index is 1.10. The summed E-state index contributed by atoms with van der Waals surface area (Å²) in [6.07, 6.45) is 0. The summed E-state index contributed by atoms with van der Waals surface area (Å²) in [6.45, 7) is 4.35. The summed E-state index contributed by atoms with van der Waals surface area (Å²) in [5.41, 5.74) is 9.23. The molecule has 0 aliphatic rings. The lowest BCUT2D eigenvalue weighted by Crippen LogP contribution is -2.14. The van der Waals surface area contributed by atoms with Gasteiger partial charge in [-0.15, -0.1) is 0 Å². The smallest absolute Gasteiger partial charge is 0.0540 e. The van der Waals surface area contributed by atoms with Crippen LogP contribution in [0.5, 0.6) is 0 Å². The van der Waals surface area contributed by atoms with Crippen LogP contribution in [0.1, 0.15) is 11.1 Å². The zero-order valence-electron chi connectivity index (χ0n) is 30.2. The standard InChI is InChI=1S/C52H36N2/c1-33-8-3-14-41(30-33)53(47-28-24-39-20-18-35-10-5-12-37-22-26-45(47)51(39)49(35)37)43-16-7-17-44(32-43)54(42-15-4-9-34(2)31-42)48-29-25-40-21-19-36-11-6-13-38-23-27-46(48)52(40)50(36)38/h3-32H,1-2H3. The summed E-state index contributed by atoms with van der Waals surface area (Å²) in [5, 5.41) is 15.4. The second kappa shape index (κ2) is 11.8. The van der Waals surface area contributed by atoms with Crippen LogP contribution >= 0.6 is 0 Å². The van der Waals surface area contributed by atoms with Crippen molar-refractivity contribution in [2.45, 2.75) is 13.8 Å². The van der Waals surface area contributed by atoms with Crippen LogP contribution in [0.4, 0.5) is 34.1 Å². The normalized spacial score (nSPS) is 11.9. The van der Waals surface area contributed by atoms with E-state index < -0.39 is 0 Å². The first-order valence-corrected chi connectivity index (χ1v) is 18.8. The Balaban J connectivity index is 1.17. The number of hydrogen-bond donors (Lipinski definition) is 0. The van der Waals surface area contributed by atoms with Crippen LogP contribution in [0.15, 0.2) is 182 Å². The van der Waals surface area contributed by atoms with E-state index in [0.717, 1.165) is 34.1 Å². The van der Waals surface area contributed by atoms with E-state index >= 15 is 0 Å². The van der Waals surface area contributed by atoms with Crippen LogP contribution in [0, 0.1) is 13.8 Å². The molecule has 54 heavy (non-hydrogen) atoms. The van der Waals surface area contributed by atoms with Crippen LogP contribution in [-0.4, -0.2) is 0 Å². The largest absolute Gasteiger partial charge is 0.310 e. The maximum Gasteiger partial charge on any atom is 0.0540 e. The first kappa shape index (κ1) is 30.7. The van der Waals surface area contributed by atoms with Gasteiger partial charge in [-0.25, -0.2) is 0 Å².